The predicted octanol–water partition coefficient (Wildman–Crippen LogP) is 4.99. The van der Waals surface area contributed by atoms with Gasteiger partial charge in [0.1, 0.15) is 0 Å². The Morgan fingerprint density at radius 2 is 0.917 bits per heavy atom. The summed E-state index contributed by atoms with van der Waals surface area (Å²) in [7, 11) is 0. The Morgan fingerprint density at radius 3 is 1.21 bits per heavy atom. The van der Waals surface area contributed by atoms with Crippen molar-refractivity contribution in [2.24, 2.45) is 5.41 Å². The van der Waals surface area contributed by atoms with E-state index in [9.17, 15) is 19.8 Å². The zero-order chi connectivity index (χ0) is 17.6. The molecule has 0 aliphatic rings. The van der Waals surface area contributed by atoms with E-state index in [-0.39, 0.29) is 64.2 Å². The summed E-state index contributed by atoms with van der Waals surface area (Å²) >= 11 is 0. The zero-order valence-corrected chi connectivity index (χ0v) is 15.1. The van der Waals surface area contributed by atoms with Gasteiger partial charge in [-0.2, -0.15) is 0 Å². The molecule has 0 spiro atoms. The van der Waals surface area contributed by atoms with Gasteiger partial charge in [-0.3, -0.25) is 9.59 Å². The normalized spacial score (nSPS) is 11.1. The van der Waals surface area contributed by atoms with Gasteiger partial charge in [-0.15, -0.1) is 0 Å². The Morgan fingerprint density at radius 1 is 0.625 bits per heavy atom. The average molecular weight is 369 g/mol. The molecule has 5 heteroatoms. The molecule has 0 aliphatic carbocycles. The third-order valence-corrected chi connectivity index (χ3v) is 4.73. The fraction of sp³-hybridized carbons (Fsp3) is 0.895. The number of carboxylic acids is 2. The van der Waals surface area contributed by atoms with E-state index in [0.717, 1.165) is 38.5 Å². The second-order valence-electron chi connectivity index (χ2n) is 6.73. The third kappa shape index (κ3) is 11.2. The second kappa shape index (κ2) is 17.0. The molecule has 24 heavy (non-hydrogen) atoms. The minimum atomic E-state index is -1.57. The van der Waals surface area contributed by atoms with Crippen LogP contribution in [-0.2, 0) is 9.59 Å². The number of hydrogen-bond acceptors (Lipinski definition) is 2. The number of carbonyl (C=O) groups is 2. The van der Waals surface area contributed by atoms with Gasteiger partial charge in [0.15, 0.2) is 5.41 Å². The van der Waals surface area contributed by atoms with Crippen molar-refractivity contribution in [1.29, 1.82) is 0 Å². The molecule has 138 valence electrons. The van der Waals surface area contributed by atoms with Gasteiger partial charge < -0.3 is 10.2 Å². The van der Waals surface area contributed by atoms with Crippen molar-refractivity contribution < 1.29 is 19.8 Å². The van der Waals surface area contributed by atoms with Gasteiger partial charge in [0.05, 0.1) is 0 Å². The summed E-state index contributed by atoms with van der Waals surface area (Å²) in [6, 6.07) is 0. The summed E-state index contributed by atoms with van der Waals surface area (Å²) in [5.41, 5.74) is -1.57. The first-order chi connectivity index (χ1) is 11.0. The molecular weight excluding hydrogens is 331 g/mol. The van der Waals surface area contributed by atoms with Gasteiger partial charge in [0.25, 0.3) is 0 Å². The summed E-state index contributed by atoms with van der Waals surface area (Å²) in [5, 5.41) is 19.0. The van der Waals surface area contributed by atoms with Gasteiger partial charge in [-0.25, -0.2) is 0 Å². The molecule has 0 aromatic heterocycles. The van der Waals surface area contributed by atoms with E-state index < -0.39 is 17.4 Å². The first-order valence-electron chi connectivity index (χ1n) is 9.48. The van der Waals surface area contributed by atoms with E-state index in [1.54, 1.807) is 0 Å². The molecule has 0 rings (SSSR count). The molecule has 0 aromatic rings. The summed E-state index contributed by atoms with van der Waals surface area (Å²) in [5.74, 6) is -2.32. The van der Waals surface area contributed by atoms with Crippen LogP contribution in [0.25, 0.3) is 0 Å². The fourth-order valence-electron chi connectivity index (χ4n) is 3.06. The molecular formula is C19H37KO4. The van der Waals surface area contributed by atoms with Crippen molar-refractivity contribution in [3.05, 3.63) is 0 Å². The third-order valence-electron chi connectivity index (χ3n) is 4.73. The van der Waals surface area contributed by atoms with E-state index in [1.165, 1.54) is 25.7 Å². The number of hydrogen-bond donors (Lipinski definition) is 2. The maximum atomic E-state index is 11.6. The first kappa shape index (κ1) is 26.8. The number of carboxylic acid groups (broad SMARTS) is 2. The van der Waals surface area contributed by atoms with Gasteiger partial charge >= 0.3 is 63.3 Å². The van der Waals surface area contributed by atoms with Crippen LogP contribution < -0.4 is 0 Å². The molecule has 0 unspecified atom stereocenters. The Labute approximate surface area is 190 Å². The molecule has 0 bridgehead atoms. The van der Waals surface area contributed by atoms with Crippen LogP contribution in [0.15, 0.2) is 0 Å². The van der Waals surface area contributed by atoms with Crippen LogP contribution in [0.5, 0.6) is 0 Å². The van der Waals surface area contributed by atoms with E-state index in [1.807, 2.05) is 0 Å². The minimum absolute atomic E-state index is 0. The Kier molecular flexibility index (Phi) is 19.0. The van der Waals surface area contributed by atoms with Crippen molar-refractivity contribution >= 4 is 63.3 Å². The summed E-state index contributed by atoms with van der Waals surface area (Å²) in [6.07, 6.45) is 13.0. The standard InChI is InChI=1S/C19H36O4.K.H/c1-3-5-7-9-11-13-15-19(17(20)21,18(22)23)16-14-12-10-8-6-4-2;;/h3-16H2,1-2H3,(H,20,21)(H,22,23);;. The van der Waals surface area contributed by atoms with Crippen LogP contribution in [0.3, 0.4) is 0 Å². The van der Waals surface area contributed by atoms with E-state index >= 15 is 0 Å². The summed E-state index contributed by atoms with van der Waals surface area (Å²) in [4.78, 5) is 23.2. The molecule has 0 saturated carbocycles. The van der Waals surface area contributed by atoms with Crippen LogP contribution in [0, 0.1) is 5.41 Å². The number of unbranched alkanes of at least 4 members (excludes halogenated alkanes) is 10. The molecule has 2 N–H and O–H groups in total. The van der Waals surface area contributed by atoms with Crippen molar-refractivity contribution in [3.8, 4) is 0 Å². The first-order valence-corrected chi connectivity index (χ1v) is 9.48. The van der Waals surface area contributed by atoms with Crippen molar-refractivity contribution in [1.82, 2.24) is 0 Å². The zero-order valence-electron chi connectivity index (χ0n) is 15.1. The molecule has 0 heterocycles. The van der Waals surface area contributed by atoms with Crippen LogP contribution >= 0.6 is 0 Å². The van der Waals surface area contributed by atoms with Gasteiger partial charge in [0, 0.05) is 0 Å². The predicted molar refractivity (Wildman–Crippen MR) is 101 cm³/mol. The van der Waals surface area contributed by atoms with E-state index in [2.05, 4.69) is 13.8 Å². The molecule has 0 atom stereocenters. The molecule has 0 radical (unpaired) electrons. The average Bonchev–Trinajstić information content (AvgIpc) is 2.51. The van der Waals surface area contributed by atoms with Gasteiger partial charge in [-0.1, -0.05) is 90.9 Å². The molecule has 0 amide bonds. The van der Waals surface area contributed by atoms with Crippen molar-refractivity contribution in [2.75, 3.05) is 0 Å². The quantitative estimate of drug-likeness (QED) is 0.228. The van der Waals surface area contributed by atoms with Crippen LogP contribution in [0.4, 0.5) is 0 Å². The van der Waals surface area contributed by atoms with Crippen LogP contribution in [0.1, 0.15) is 104 Å². The Bertz CT molecular complexity index is 299. The topological polar surface area (TPSA) is 74.6 Å². The molecule has 4 nitrogen and oxygen atoms in total. The van der Waals surface area contributed by atoms with Crippen LogP contribution in [-0.4, -0.2) is 73.5 Å². The fourth-order valence-corrected chi connectivity index (χ4v) is 3.06. The van der Waals surface area contributed by atoms with E-state index in [0.29, 0.717) is 12.8 Å². The molecule has 0 fully saturated rings. The van der Waals surface area contributed by atoms with Crippen molar-refractivity contribution in [2.45, 2.75) is 104 Å². The van der Waals surface area contributed by atoms with Gasteiger partial charge in [0.2, 0.25) is 0 Å². The molecule has 0 aliphatic heterocycles. The monoisotopic (exact) mass is 368 g/mol. The molecule has 0 aromatic carbocycles. The summed E-state index contributed by atoms with van der Waals surface area (Å²) in [6.45, 7) is 4.31. The Hall–Kier alpha value is 0.576. The number of rotatable bonds is 16. The van der Waals surface area contributed by atoms with E-state index in [4.69, 9.17) is 0 Å². The molecule has 0 saturated heterocycles. The maximum absolute atomic E-state index is 11.6. The number of aliphatic carboxylic acids is 2. The second-order valence-corrected chi connectivity index (χ2v) is 6.73. The van der Waals surface area contributed by atoms with Crippen LogP contribution in [0.2, 0.25) is 0 Å². The Balaban J connectivity index is 0. The van der Waals surface area contributed by atoms with Gasteiger partial charge in [-0.05, 0) is 12.8 Å². The summed E-state index contributed by atoms with van der Waals surface area (Å²) < 4.78 is 0. The van der Waals surface area contributed by atoms with Crippen molar-refractivity contribution in [3.63, 3.8) is 0 Å². The SMILES string of the molecule is CCCCCCCCC(CCCCCCCC)(C(=O)O)C(=O)O.[KH].